The highest BCUT2D eigenvalue weighted by Gasteiger charge is 2.30. The number of nitrogens with zero attached hydrogens (tertiary/aromatic N) is 3. The van der Waals surface area contributed by atoms with Gasteiger partial charge in [-0.1, -0.05) is 46.8 Å². The molecule has 1 fully saturated rings. The first-order chi connectivity index (χ1) is 14.7. The first-order valence-electron chi connectivity index (χ1n) is 9.77. The van der Waals surface area contributed by atoms with Gasteiger partial charge in [-0.15, -0.1) is 0 Å². The predicted octanol–water partition coefficient (Wildman–Crippen LogP) is 4.66. The van der Waals surface area contributed by atoms with Gasteiger partial charge in [0.1, 0.15) is 11.4 Å². The van der Waals surface area contributed by atoms with E-state index in [1.807, 2.05) is 35.2 Å². The molecule has 0 spiro atoms. The molecule has 6 nitrogen and oxygen atoms in total. The van der Waals surface area contributed by atoms with Gasteiger partial charge >= 0.3 is 0 Å². The van der Waals surface area contributed by atoms with Crippen LogP contribution in [-0.4, -0.2) is 40.6 Å². The van der Waals surface area contributed by atoms with Crippen LogP contribution in [0.1, 0.15) is 16.8 Å². The highest BCUT2D eigenvalue weighted by molar-refractivity contribution is 7.22. The molecule has 0 radical (unpaired) electrons. The average Bonchev–Trinajstić information content (AvgIpc) is 3.51. The van der Waals surface area contributed by atoms with Crippen LogP contribution < -0.4 is 5.32 Å². The van der Waals surface area contributed by atoms with Crippen molar-refractivity contribution in [2.45, 2.75) is 6.42 Å². The number of anilines is 1. The minimum Gasteiger partial charge on any atom is -0.361 e. The third-order valence-electron chi connectivity index (χ3n) is 5.30. The van der Waals surface area contributed by atoms with E-state index in [2.05, 4.69) is 15.5 Å². The van der Waals surface area contributed by atoms with Crippen LogP contribution in [-0.2, 0) is 0 Å². The zero-order valence-electron chi connectivity index (χ0n) is 16.0. The van der Waals surface area contributed by atoms with Gasteiger partial charge in [-0.05, 0) is 30.5 Å². The number of likely N-dealkylation sites (tertiary alicyclic amines) is 1. The van der Waals surface area contributed by atoms with Gasteiger partial charge in [-0.25, -0.2) is 9.37 Å². The molecule has 4 aromatic rings. The van der Waals surface area contributed by atoms with Crippen molar-refractivity contribution in [2.24, 2.45) is 5.92 Å². The summed E-state index contributed by atoms with van der Waals surface area (Å²) in [4.78, 5) is 19.4. The monoisotopic (exact) mass is 422 g/mol. The second kappa shape index (κ2) is 7.87. The summed E-state index contributed by atoms with van der Waals surface area (Å²) in [5, 5.41) is 7.96. The molecule has 30 heavy (non-hydrogen) atoms. The first kappa shape index (κ1) is 18.7. The van der Waals surface area contributed by atoms with E-state index in [1.165, 1.54) is 29.7 Å². The molecule has 0 saturated carbocycles. The number of rotatable bonds is 5. The minimum atomic E-state index is -0.258. The van der Waals surface area contributed by atoms with E-state index in [1.54, 1.807) is 6.07 Å². The van der Waals surface area contributed by atoms with E-state index in [0.717, 1.165) is 27.3 Å². The average molecular weight is 422 g/mol. The molecule has 1 aliphatic rings. The van der Waals surface area contributed by atoms with Crippen molar-refractivity contribution in [1.29, 1.82) is 0 Å². The second-order valence-electron chi connectivity index (χ2n) is 7.35. The van der Waals surface area contributed by atoms with Crippen LogP contribution in [0, 0.1) is 11.7 Å². The summed E-state index contributed by atoms with van der Waals surface area (Å²) in [6, 6.07) is 14.1. The molecule has 2 aromatic carbocycles. The van der Waals surface area contributed by atoms with Crippen LogP contribution in [0.5, 0.6) is 0 Å². The Morgan fingerprint density at radius 2 is 2.13 bits per heavy atom. The number of carbonyl (C=O) groups excluding carboxylic acids is 1. The van der Waals surface area contributed by atoms with Crippen molar-refractivity contribution in [3.63, 3.8) is 0 Å². The zero-order valence-corrected chi connectivity index (χ0v) is 16.9. The Morgan fingerprint density at radius 3 is 3.00 bits per heavy atom. The smallest absolute Gasteiger partial charge is 0.259 e. The lowest BCUT2D eigenvalue weighted by Gasteiger charge is -2.16. The molecule has 1 aliphatic heterocycles. The molecule has 1 saturated heterocycles. The largest absolute Gasteiger partial charge is 0.361 e. The van der Waals surface area contributed by atoms with Crippen LogP contribution >= 0.6 is 11.3 Å². The van der Waals surface area contributed by atoms with Crippen LogP contribution in [0.4, 0.5) is 9.52 Å². The molecule has 1 atom stereocenters. The Morgan fingerprint density at radius 1 is 1.27 bits per heavy atom. The van der Waals surface area contributed by atoms with Crippen LogP contribution in [0.15, 0.2) is 59.3 Å². The van der Waals surface area contributed by atoms with Gasteiger partial charge in [-0.3, -0.25) is 4.79 Å². The normalized spacial score (nSPS) is 16.3. The first-order valence-corrected chi connectivity index (χ1v) is 10.6. The number of thiazole rings is 1. The van der Waals surface area contributed by atoms with E-state index in [9.17, 15) is 9.18 Å². The standard InChI is InChI=1S/C22H19FN4O2S/c23-16-6-7-18-19(10-16)30-22(26-18)24-11-14-8-9-27(13-14)21(28)17-12-25-29-20(17)15-4-2-1-3-5-15/h1-7,10,12,14H,8-9,11,13H2,(H,24,26)/t14-/m1/s1. The van der Waals surface area contributed by atoms with Crippen LogP contribution in [0.3, 0.4) is 0 Å². The number of nitrogens with one attached hydrogen (secondary N) is 1. The molecule has 0 aliphatic carbocycles. The Balaban J connectivity index is 1.23. The molecule has 0 bridgehead atoms. The number of benzene rings is 2. The molecule has 3 heterocycles. The van der Waals surface area contributed by atoms with Gasteiger partial charge in [0.2, 0.25) is 0 Å². The van der Waals surface area contributed by atoms with E-state index in [0.29, 0.717) is 36.9 Å². The van der Waals surface area contributed by atoms with E-state index in [-0.39, 0.29) is 11.7 Å². The van der Waals surface area contributed by atoms with Gasteiger partial charge in [0.15, 0.2) is 10.9 Å². The molecule has 1 N–H and O–H groups in total. The number of hydrogen-bond donors (Lipinski definition) is 1. The lowest BCUT2D eigenvalue weighted by molar-refractivity contribution is 0.0788. The third-order valence-corrected chi connectivity index (χ3v) is 6.28. The SMILES string of the molecule is O=C(c1cnoc1-c1ccccc1)N1CC[C@H](CNc2nc3ccc(F)cc3s2)C1. The van der Waals surface area contributed by atoms with Crippen LogP contribution in [0.25, 0.3) is 21.5 Å². The number of amides is 1. The van der Waals surface area contributed by atoms with Crippen molar-refractivity contribution in [2.75, 3.05) is 25.0 Å². The lowest BCUT2D eigenvalue weighted by atomic mass is 10.1. The highest BCUT2D eigenvalue weighted by atomic mass is 32.1. The van der Waals surface area contributed by atoms with E-state index < -0.39 is 0 Å². The Labute approximate surface area is 176 Å². The summed E-state index contributed by atoms with van der Waals surface area (Å²) < 4.78 is 19.5. The van der Waals surface area contributed by atoms with Crippen molar-refractivity contribution >= 4 is 32.6 Å². The molecule has 152 valence electrons. The number of fused-ring (bicyclic) bond motifs is 1. The Bertz CT molecular complexity index is 1190. The zero-order chi connectivity index (χ0) is 20.5. The Kier molecular flexibility index (Phi) is 4.92. The summed E-state index contributed by atoms with van der Waals surface area (Å²) in [5.74, 6) is 0.501. The fourth-order valence-corrected chi connectivity index (χ4v) is 4.65. The summed E-state index contributed by atoms with van der Waals surface area (Å²) in [7, 11) is 0. The summed E-state index contributed by atoms with van der Waals surface area (Å²) in [6.07, 6.45) is 2.40. The number of carbonyl (C=O) groups is 1. The van der Waals surface area contributed by atoms with Crippen molar-refractivity contribution < 1.29 is 13.7 Å². The molecule has 2 aromatic heterocycles. The molecular formula is C22H19FN4O2S. The number of halogens is 1. The molecule has 8 heteroatoms. The Hall–Kier alpha value is -3.26. The van der Waals surface area contributed by atoms with Crippen molar-refractivity contribution in [3.05, 3.63) is 66.1 Å². The number of hydrogen-bond acceptors (Lipinski definition) is 6. The summed E-state index contributed by atoms with van der Waals surface area (Å²) >= 11 is 1.44. The topological polar surface area (TPSA) is 71.3 Å². The van der Waals surface area contributed by atoms with Gasteiger partial charge < -0.3 is 14.7 Å². The van der Waals surface area contributed by atoms with Gasteiger partial charge in [0.05, 0.1) is 16.4 Å². The fraction of sp³-hybridized carbons (Fsp3) is 0.227. The van der Waals surface area contributed by atoms with Gasteiger partial charge in [0.25, 0.3) is 5.91 Å². The van der Waals surface area contributed by atoms with Crippen LogP contribution in [0.2, 0.25) is 0 Å². The maximum Gasteiger partial charge on any atom is 0.259 e. The summed E-state index contributed by atoms with van der Waals surface area (Å²) in [5.41, 5.74) is 2.11. The number of aromatic nitrogens is 2. The second-order valence-corrected chi connectivity index (χ2v) is 8.38. The highest BCUT2D eigenvalue weighted by Crippen LogP contribution is 2.29. The summed E-state index contributed by atoms with van der Waals surface area (Å²) in [6.45, 7) is 2.06. The maximum absolute atomic E-state index is 13.4. The lowest BCUT2D eigenvalue weighted by Crippen LogP contribution is -2.29. The molecular weight excluding hydrogens is 403 g/mol. The quantitative estimate of drug-likeness (QED) is 0.506. The predicted molar refractivity (Wildman–Crippen MR) is 114 cm³/mol. The molecule has 5 rings (SSSR count). The molecule has 1 amide bonds. The molecule has 0 unspecified atom stereocenters. The van der Waals surface area contributed by atoms with E-state index >= 15 is 0 Å². The van der Waals surface area contributed by atoms with E-state index in [4.69, 9.17) is 4.52 Å². The van der Waals surface area contributed by atoms with Crippen molar-refractivity contribution in [1.82, 2.24) is 15.0 Å². The fourth-order valence-electron chi connectivity index (χ4n) is 3.75. The minimum absolute atomic E-state index is 0.0620. The third kappa shape index (κ3) is 3.66. The maximum atomic E-state index is 13.4. The van der Waals surface area contributed by atoms with Gasteiger partial charge in [0, 0.05) is 25.2 Å². The van der Waals surface area contributed by atoms with Crippen molar-refractivity contribution in [3.8, 4) is 11.3 Å². The van der Waals surface area contributed by atoms with Gasteiger partial charge in [-0.2, -0.15) is 0 Å².